The van der Waals surface area contributed by atoms with Gasteiger partial charge in [0.05, 0.1) is 12.3 Å². The number of nitrogens with zero attached hydrogens (tertiary/aromatic N) is 1. The molecular weight excluding hydrogens is 305 g/mol. The lowest BCUT2D eigenvalue weighted by Crippen LogP contribution is -1.97. The summed E-state index contributed by atoms with van der Waals surface area (Å²) in [6.07, 6.45) is 3.82. The van der Waals surface area contributed by atoms with Crippen molar-refractivity contribution < 1.29 is 5.11 Å². The molecule has 0 bridgehead atoms. The summed E-state index contributed by atoms with van der Waals surface area (Å²) in [6.45, 7) is 4.03. The second-order valence-corrected chi connectivity index (χ2v) is 5.82. The average Bonchev–Trinajstić information content (AvgIpc) is 2.46. The van der Waals surface area contributed by atoms with Gasteiger partial charge in [0.1, 0.15) is 0 Å². The molecule has 0 radical (unpaired) electrons. The van der Waals surface area contributed by atoms with Crippen LogP contribution in [0.15, 0.2) is 42.6 Å². The third-order valence-electron chi connectivity index (χ3n) is 3.39. The maximum absolute atomic E-state index is 9.39. The number of benzene rings is 1. The predicted molar refractivity (Wildman–Crippen MR) is 88.7 cm³/mol. The van der Waals surface area contributed by atoms with Crippen LogP contribution in [-0.4, -0.2) is 10.1 Å². The van der Waals surface area contributed by atoms with Crippen molar-refractivity contribution in [2.45, 2.75) is 26.4 Å². The molecule has 0 aliphatic heterocycles. The molecule has 0 spiro atoms. The minimum atomic E-state index is -0.0234. The molecule has 0 saturated carbocycles. The van der Waals surface area contributed by atoms with Gasteiger partial charge in [0.2, 0.25) is 0 Å². The smallest absolute Gasteiger partial charge is 0.0710 e. The van der Waals surface area contributed by atoms with Gasteiger partial charge in [-0.2, -0.15) is 0 Å². The first-order valence-electron chi connectivity index (χ1n) is 6.71. The fourth-order valence-electron chi connectivity index (χ4n) is 2.34. The van der Waals surface area contributed by atoms with Crippen LogP contribution in [0.25, 0.3) is 5.57 Å². The third kappa shape index (κ3) is 3.85. The zero-order valence-corrected chi connectivity index (χ0v) is 13.5. The molecule has 0 aliphatic rings. The standard InChI is InChI=1S/C17H17Cl2NO/c1-11(15-6-5-14(18)9-16(15)19)8-12(2)17-13(10-21)4-3-7-20-17/h3-9,11,21H,10H2,1-2H3. The summed E-state index contributed by atoms with van der Waals surface area (Å²) >= 11 is 12.2. The molecule has 0 saturated heterocycles. The highest BCUT2D eigenvalue weighted by atomic mass is 35.5. The molecule has 4 heteroatoms. The molecule has 1 aromatic heterocycles. The van der Waals surface area contributed by atoms with Gasteiger partial charge in [0.25, 0.3) is 0 Å². The van der Waals surface area contributed by atoms with E-state index in [1.54, 1.807) is 12.3 Å². The average molecular weight is 322 g/mol. The Balaban J connectivity index is 2.33. The highest BCUT2D eigenvalue weighted by molar-refractivity contribution is 6.35. The van der Waals surface area contributed by atoms with E-state index in [9.17, 15) is 5.11 Å². The summed E-state index contributed by atoms with van der Waals surface area (Å²) in [5.41, 5.74) is 3.66. The second-order valence-electron chi connectivity index (χ2n) is 4.97. The summed E-state index contributed by atoms with van der Waals surface area (Å²) in [7, 11) is 0. The van der Waals surface area contributed by atoms with Crippen LogP contribution in [0, 0.1) is 0 Å². The molecule has 0 aliphatic carbocycles. The molecule has 21 heavy (non-hydrogen) atoms. The van der Waals surface area contributed by atoms with E-state index in [2.05, 4.69) is 18.0 Å². The van der Waals surface area contributed by atoms with Gasteiger partial charge in [0.15, 0.2) is 0 Å². The first kappa shape index (κ1) is 16.0. The lowest BCUT2D eigenvalue weighted by atomic mass is 9.96. The van der Waals surface area contributed by atoms with Crippen LogP contribution in [0.1, 0.15) is 36.6 Å². The molecule has 1 aromatic carbocycles. The van der Waals surface area contributed by atoms with Gasteiger partial charge >= 0.3 is 0 Å². The fourth-order valence-corrected chi connectivity index (χ4v) is 2.92. The topological polar surface area (TPSA) is 33.1 Å². The van der Waals surface area contributed by atoms with Crippen molar-refractivity contribution in [3.05, 3.63) is 69.5 Å². The van der Waals surface area contributed by atoms with Crippen molar-refractivity contribution in [3.8, 4) is 0 Å². The molecule has 110 valence electrons. The summed E-state index contributed by atoms with van der Waals surface area (Å²) in [4.78, 5) is 4.35. The first-order chi connectivity index (χ1) is 10.0. The lowest BCUT2D eigenvalue weighted by molar-refractivity contribution is 0.281. The van der Waals surface area contributed by atoms with Crippen molar-refractivity contribution in [2.75, 3.05) is 0 Å². The van der Waals surface area contributed by atoms with Gasteiger partial charge < -0.3 is 5.11 Å². The number of halogens is 2. The van der Waals surface area contributed by atoms with Gasteiger partial charge in [-0.3, -0.25) is 4.98 Å². The van der Waals surface area contributed by atoms with Crippen molar-refractivity contribution in [3.63, 3.8) is 0 Å². The van der Waals surface area contributed by atoms with Crippen molar-refractivity contribution >= 4 is 28.8 Å². The number of allylic oxidation sites excluding steroid dienone is 2. The zero-order valence-electron chi connectivity index (χ0n) is 12.0. The summed E-state index contributed by atoms with van der Waals surface area (Å²) in [6, 6.07) is 9.21. The van der Waals surface area contributed by atoms with E-state index in [0.29, 0.717) is 10.0 Å². The molecule has 1 heterocycles. The van der Waals surface area contributed by atoms with E-state index in [1.165, 1.54) is 0 Å². The Morgan fingerprint density at radius 1 is 1.33 bits per heavy atom. The molecule has 2 rings (SSSR count). The van der Waals surface area contributed by atoms with E-state index in [1.807, 2.05) is 31.2 Å². The maximum atomic E-state index is 9.39. The number of hydrogen-bond donors (Lipinski definition) is 1. The molecule has 0 fully saturated rings. The monoisotopic (exact) mass is 321 g/mol. The van der Waals surface area contributed by atoms with Crippen LogP contribution in [0.4, 0.5) is 0 Å². The SMILES string of the molecule is CC(=CC(C)c1ccc(Cl)cc1Cl)c1ncccc1CO. The second kappa shape index (κ2) is 7.08. The number of rotatable bonds is 4. The van der Waals surface area contributed by atoms with E-state index < -0.39 is 0 Å². The number of pyridine rings is 1. The molecule has 2 nitrogen and oxygen atoms in total. The fraction of sp³-hybridized carbons (Fsp3) is 0.235. The van der Waals surface area contributed by atoms with E-state index >= 15 is 0 Å². The molecule has 1 N–H and O–H groups in total. The van der Waals surface area contributed by atoms with Crippen LogP contribution in [0.5, 0.6) is 0 Å². The zero-order chi connectivity index (χ0) is 15.4. The normalized spacial score (nSPS) is 13.3. The van der Waals surface area contributed by atoms with Crippen LogP contribution in [-0.2, 0) is 6.61 Å². The Kier molecular flexibility index (Phi) is 5.40. The van der Waals surface area contributed by atoms with Crippen LogP contribution in [0.3, 0.4) is 0 Å². The Bertz CT molecular complexity index is 668. The van der Waals surface area contributed by atoms with Crippen molar-refractivity contribution in [2.24, 2.45) is 0 Å². The van der Waals surface area contributed by atoms with Gasteiger partial charge in [-0.1, -0.05) is 48.3 Å². The molecular formula is C17H17Cl2NO. The molecule has 1 unspecified atom stereocenters. The van der Waals surface area contributed by atoms with Gasteiger partial charge in [-0.25, -0.2) is 0 Å². The Morgan fingerprint density at radius 2 is 2.10 bits per heavy atom. The number of hydrogen-bond acceptors (Lipinski definition) is 2. The number of aliphatic hydroxyl groups is 1. The van der Waals surface area contributed by atoms with E-state index in [4.69, 9.17) is 23.2 Å². The van der Waals surface area contributed by atoms with Gasteiger partial charge in [-0.05, 0) is 36.3 Å². The minimum Gasteiger partial charge on any atom is -0.392 e. The van der Waals surface area contributed by atoms with Crippen LogP contribution in [0.2, 0.25) is 10.0 Å². The maximum Gasteiger partial charge on any atom is 0.0710 e. The largest absolute Gasteiger partial charge is 0.392 e. The van der Waals surface area contributed by atoms with Crippen LogP contribution < -0.4 is 0 Å². The molecule has 2 aromatic rings. The van der Waals surface area contributed by atoms with Crippen molar-refractivity contribution in [1.82, 2.24) is 4.98 Å². The molecule has 1 atom stereocenters. The summed E-state index contributed by atoms with van der Waals surface area (Å²) < 4.78 is 0. The van der Waals surface area contributed by atoms with E-state index in [0.717, 1.165) is 22.4 Å². The lowest BCUT2D eigenvalue weighted by Gasteiger charge is -2.12. The number of aliphatic hydroxyl groups excluding tert-OH is 1. The third-order valence-corrected chi connectivity index (χ3v) is 3.95. The molecule has 0 amide bonds. The number of aromatic nitrogens is 1. The van der Waals surface area contributed by atoms with Gasteiger partial charge in [-0.15, -0.1) is 0 Å². The summed E-state index contributed by atoms with van der Waals surface area (Å²) in [5, 5.41) is 10.7. The quantitative estimate of drug-likeness (QED) is 0.851. The predicted octanol–water partition coefficient (Wildman–Crippen LogP) is 5.09. The highest BCUT2D eigenvalue weighted by Gasteiger charge is 2.10. The van der Waals surface area contributed by atoms with Crippen molar-refractivity contribution in [1.29, 1.82) is 0 Å². The van der Waals surface area contributed by atoms with E-state index in [-0.39, 0.29) is 12.5 Å². The Hall–Kier alpha value is -1.35. The highest BCUT2D eigenvalue weighted by Crippen LogP contribution is 2.30. The minimum absolute atomic E-state index is 0.0234. The Morgan fingerprint density at radius 3 is 2.76 bits per heavy atom. The van der Waals surface area contributed by atoms with Crippen LogP contribution >= 0.6 is 23.2 Å². The van der Waals surface area contributed by atoms with Gasteiger partial charge in [0, 0.05) is 27.7 Å². The Labute approximate surface area is 135 Å². The first-order valence-corrected chi connectivity index (χ1v) is 7.47. The summed E-state index contributed by atoms with van der Waals surface area (Å²) in [5.74, 6) is 0.128.